The SMILES string of the molecule is CCOc1cccc(CN2C(=O)C(=O)/C(=C(\O)c3ccc(OC)cc3C)C2c2ccc(C(C)(C)C)cc2)c1. The van der Waals surface area contributed by atoms with Gasteiger partial charge in [0.15, 0.2) is 0 Å². The maximum atomic E-state index is 13.5. The molecule has 1 fully saturated rings. The van der Waals surface area contributed by atoms with Crippen molar-refractivity contribution >= 4 is 17.4 Å². The number of ether oxygens (including phenoxy) is 2. The van der Waals surface area contributed by atoms with Gasteiger partial charge in [0.25, 0.3) is 11.7 Å². The third-order valence-corrected chi connectivity index (χ3v) is 6.88. The molecule has 1 aliphatic rings. The molecular formula is C32H35NO5. The predicted molar refractivity (Wildman–Crippen MR) is 148 cm³/mol. The Labute approximate surface area is 224 Å². The standard InChI is InChI=1S/C32H35NO5/c1-7-38-25-10-8-9-21(18-25)19-33-28(22-11-13-23(14-12-22)32(3,4)5)27(30(35)31(33)36)29(34)26-16-15-24(37-6)17-20(26)2/h8-18,28,34H,7,19H2,1-6H3/b29-27-. The summed E-state index contributed by atoms with van der Waals surface area (Å²) in [7, 11) is 1.57. The predicted octanol–water partition coefficient (Wildman–Crippen LogP) is 6.32. The average Bonchev–Trinajstić information content (AvgIpc) is 3.13. The van der Waals surface area contributed by atoms with Gasteiger partial charge in [-0.05, 0) is 71.8 Å². The number of aliphatic hydroxyl groups excluding tert-OH is 1. The van der Waals surface area contributed by atoms with E-state index in [-0.39, 0.29) is 23.3 Å². The van der Waals surface area contributed by atoms with Gasteiger partial charge < -0.3 is 19.5 Å². The summed E-state index contributed by atoms with van der Waals surface area (Å²) in [6, 6.07) is 19.9. The molecule has 0 bridgehead atoms. The highest BCUT2D eigenvalue weighted by molar-refractivity contribution is 6.46. The van der Waals surface area contributed by atoms with Gasteiger partial charge in [0.2, 0.25) is 0 Å². The third-order valence-electron chi connectivity index (χ3n) is 6.88. The van der Waals surface area contributed by atoms with Crippen molar-refractivity contribution in [2.75, 3.05) is 13.7 Å². The van der Waals surface area contributed by atoms with E-state index in [1.807, 2.05) is 62.4 Å². The Morgan fingerprint density at radius 1 is 0.974 bits per heavy atom. The molecule has 0 aromatic heterocycles. The second-order valence-corrected chi connectivity index (χ2v) is 10.6. The first-order valence-corrected chi connectivity index (χ1v) is 12.8. The lowest BCUT2D eigenvalue weighted by Gasteiger charge is -2.27. The van der Waals surface area contributed by atoms with Crippen LogP contribution < -0.4 is 9.47 Å². The number of hydrogen-bond acceptors (Lipinski definition) is 5. The minimum Gasteiger partial charge on any atom is -0.507 e. The van der Waals surface area contributed by atoms with E-state index in [2.05, 4.69) is 20.8 Å². The summed E-state index contributed by atoms with van der Waals surface area (Å²) in [6.45, 7) is 10.8. The van der Waals surface area contributed by atoms with Crippen LogP contribution in [-0.2, 0) is 21.5 Å². The molecule has 6 heteroatoms. The molecule has 1 N–H and O–H groups in total. The topological polar surface area (TPSA) is 76.1 Å². The van der Waals surface area contributed by atoms with Gasteiger partial charge in [0, 0.05) is 12.1 Å². The second-order valence-electron chi connectivity index (χ2n) is 10.6. The molecule has 0 spiro atoms. The quantitative estimate of drug-likeness (QED) is 0.227. The number of aliphatic hydroxyl groups is 1. The van der Waals surface area contributed by atoms with Gasteiger partial charge in [-0.3, -0.25) is 9.59 Å². The van der Waals surface area contributed by atoms with Crippen LogP contribution in [0.2, 0.25) is 0 Å². The molecule has 4 rings (SSSR count). The minimum absolute atomic E-state index is 0.0553. The lowest BCUT2D eigenvalue weighted by atomic mass is 9.85. The average molecular weight is 514 g/mol. The normalized spacial score (nSPS) is 17.1. The highest BCUT2D eigenvalue weighted by Crippen LogP contribution is 2.41. The molecule has 38 heavy (non-hydrogen) atoms. The summed E-state index contributed by atoms with van der Waals surface area (Å²) in [4.78, 5) is 28.4. The fourth-order valence-electron chi connectivity index (χ4n) is 4.83. The van der Waals surface area contributed by atoms with Crippen molar-refractivity contribution in [3.63, 3.8) is 0 Å². The lowest BCUT2D eigenvalue weighted by Crippen LogP contribution is -2.29. The number of hydrogen-bond donors (Lipinski definition) is 1. The number of rotatable bonds is 7. The van der Waals surface area contributed by atoms with Gasteiger partial charge in [-0.25, -0.2) is 0 Å². The summed E-state index contributed by atoms with van der Waals surface area (Å²) in [5, 5.41) is 11.5. The first-order chi connectivity index (χ1) is 18.0. The molecule has 1 unspecified atom stereocenters. The Hall–Kier alpha value is -4.06. The zero-order valence-electron chi connectivity index (χ0n) is 22.9. The fraction of sp³-hybridized carbons (Fsp3) is 0.312. The van der Waals surface area contributed by atoms with Gasteiger partial charge in [-0.2, -0.15) is 0 Å². The summed E-state index contributed by atoms with van der Waals surface area (Å²) in [5.41, 5.74) is 3.96. The molecule has 0 saturated carbocycles. The summed E-state index contributed by atoms with van der Waals surface area (Å²) in [6.07, 6.45) is 0. The second kappa shape index (κ2) is 10.7. The molecule has 0 aliphatic carbocycles. The van der Waals surface area contributed by atoms with Crippen molar-refractivity contribution in [3.8, 4) is 11.5 Å². The number of Topliss-reactive ketones (excluding diaryl/α,β-unsaturated/α-hetero) is 1. The van der Waals surface area contributed by atoms with E-state index in [4.69, 9.17) is 9.47 Å². The molecule has 1 atom stereocenters. The van der Waals surface area contributed by atoms with Crippen molar-refractivity contribution in [2.45, 2.75) is 52.6 Å². The number of carbonyl (C=O) groups is 2. The maximum absolute atomic E-state index is 13.5. The number of nitrogens with zero attached hydrogens (tertiary/aromatic N) is 1. The molecule has 1 amide bonds. The third kappa shape index (κ3) is 5.30. The number of amides is 1. The van der Waals surface area contributed by atoms with Gasteiger partial charge in [-0.15, -0.1) is 0 Å². The van der Waals surface area contributed by atoms with Gasteiger partial charge in [0.1, 0.15) is 17.3 Å². The molecule has 1 saturated heterocycles. The number of methoxy groups -OCH3 is 1. The molecule has 3 aromatic carbocycles. The zero-order valence-corrected chi connectivity index (χ0v) is 22.9. The van der Waals surface area contributed by atoms with Crippen LogP contribution >= 0.6 is 0 Å². The monoisotopic (exact) mass is 513 g/mol. The Bertz CT molecular complexity index is 1380. The molecule has 1 aliphatic heterocycles. The van der Waals surface area contributed by atoms with Crippen molar-refractivity contribution in [2.24, 2.45) is 0 Å². The van der Waals surface area contributed by atoms with Crippen LogP contribution in [0.25, 0.3) is 5.76 Å². The molecule has 198 valence electrons. The van der Waals surface area contributed by atoms with Crippen molar-refractivity contribution in [1.29, 1.82) is 0 Å². The van der Waals surface area contributed by atoms with Crippen LogP contribution in [-0.4, -0.2) is 35.4 Å². The van der Waals surface area contributed by atoms with E-state index in [0.29, 0.717) is 23.7 Å². The van der Waals surface area contributed by atoms with Gasteiger partial charge in [0.05, 0.1) is 25.3 Å². The van der Waals surface area contributed by atoms with E-state index < -0.39 is 17.7 Å². The van der Waals surface area contributed by atoms with Crippen LogP contribution in [0, 0.1) is 6.92 Å². The summed E-state index contributed by atoms with van der Waals surface area (Å²) >= 11 is 0. The Kier molecular flexibility index (Phi) is 7.63. The lowest BCUT2D eigenvalue weighted by molar-refractivity contribution is -0.140. The van der Waals surface area contributed by atoms with Gasteiger partial charge >= 0.3 is 0 Å². The van der Waals surface area contributed by atoms with Crippen LogP contribution in [0.3, 0.4) is 0 Å². The Morgan fingerprint density at radius 2 is 1.68 bits per heavy atom. The molecule has 1 heterocycles. The number of benzene rings is 3. The largest absolute Gasteiger partial charge is 0.507 e. The highest BCUT2D eigenvalue weighted by Gasteiger charge is 2.46. The van der Waals surface area contributed by atoms with Gasteiger partial charge in [-0.1, -0.05) is 57.2 Å². The molecule has 6 nitrogen and oxygen atoms in total. The number of likely N-dealkylation sites (tertiary alicyclic amines) is 1. The van der Waals surface area contributed by atoms with Crippen LogP contribution in [0.1, 0.15) is 61.6 Å². The highest BCUT2D eigenvalue weighted by atomic mass is 16.5. The van der Waals surface area contributed by atoms with E-state index in [9.17, 15) is 14.7 Å². The number of ketones is 1. The van der Waals surface area contributed by atoms with E-state index >= 15 is 0 Å². The van der Waals surface area contributed by atoms with Crippen molar-refractivity contribution in [1.82, 2.24) is 4.90 Å². The van der Waals surface area contributed by atoms with E-state index in [1.54, 1.807) is 25.3 Å². The molecular weight excluding hydrogens is 478 g/mol. The van der Waals surface area contributed by atoms with E-state index in [0.717, 1.165) is 22.3 Å². The molecule has 0 radical (unpaired) electrons. The van der Waals surface area contributed by atoms with E-state index in [1.165, 1.54) is 4.90 Å². The summed E-state index contributed by atoms with van der Waals surface area (Å²) < 4.78 is 10.9. The maximum Gasteiger partial charge on any atom is 0.295 e. The van der Waals surface area contributed by atoms with Crippen molar-refractivity contribution in [3.05, 3.63) is 100 Å². The zero-order chi connectivity index (χ0) is 27.6. The van der Waals surface area contributed by atoms with Crippen molar-refractivity contribution < 1.29 is 24.2 Å². The first-order valence-electron chi connectivity index (χ1n) is 12.8. The Balaban J connectivity index is 1.85. The van der Waals surface area contributed by atoms with Crippen LogP contribution in [0.15, 0.2) is 72.3 Å². The Morgan fingerprint density at radius 3 is 2.29 bits per heavy atom. The number of carbonyl (C=O) groups excluding carboxylic acids is 2. The number of aryl methyl sites for hydroxylation is 1. The first kappa shape index (κ1) is 27.0. The summed E-state index contributed by atoms with van der Waals surface area (Å²) in [5.74, 6) is -0.212. The minimum atomic E-state index is -0.749. The smallest absolute Gasteiger partial charge is 0.295 e. The van der Waals surface area contributed by atoms with Crippen LogP contribution in [0.4, 0.5) is 0 Å². The van der Waals surface area contributed by atoms with Crippen LogP contribution in [0.5, 0.6) is 11.5 Å². The fourth-order valence-corrected chi connectivity index (χ4v) is 4.83. The molecule has 3 aromatic rings.